The molecule has 6 nitrogen and oxygen atoms in total. The third kappa shape index (κ3) is 2.26. The van der Waals surface area contributed by atoms with E-state index in [9.17, 15) is 4.79 Å². The quantitative estimate of drug-likeness (QED) is 0.808. The molecule has 0 radical (unpaired) electrons. The molecule has 2 rings (SSSR count). The van der Waals surface area contributed by atoms with E-state index >= 15 is 0 Å². The fourth-order valence-corrected chi connectivity index (χ4v) is 1.59. The number of fused-ring (bicyclic) bond motifs is 1. The predicted molar refractivity (Wildman–Crippen MR) is 63.9 cm³/mol. The molecule has 0 atom stereocenters. The van der Waals surface area contributed by atoms with Crippen LogP contribution in [0.1, 0.15) is 10.4 Å². The molecule has 0 aliphatic carbocycles. The monoisotopic (exact) mass is 233 g/mol. The Balaban J connectivity index is 2.24. The maximum atomic E-state index is 12.1. The average Bonchev–Trinajstić information content (AvgIpc) is 2.78. The molecular weight excluding hydrogens is 218 g/mol. The predicted octanol–water partition coefficient (Wildman–Crippen LogP) is 0.0207. The first-order valence-electron chi connectivity index (χ1n) is 5.41. The van der Waals surface area contributed by atoms with Crippen LogP contribution in [0.2, 0.25) is 0 Å². The summed E-state index contributed by atoms with van der Waals surface area (Å²) >= 11 is 0. The van der Waals surface area contributed by atoms with Gasteiger partial charge in [0.05, 0.1) is 23.5 Å². The minimum atomic E-state index is -0.0387. The number of aromatic nitrogens is 3. The summed E-state index contributed by atoms with van der Waals surface area (Å²) in [6, 6.07) is 0. The Morgan fingerprint density at radius 2 is 2.35 bits per heavy atom. The molecule has 0 aromatic carbocycles. The van der Waals surface area contributed by atoms with Crippen molar-refractivity contribution in [2.75, 3.05) is 27.2 Å². The first-order valence-corrected chi connectivity index (χ1v) is 5.41. The Kier molecular flexibility index (Phi) is 3.34. The Morgan fingerprint density at radius 1 is 1.53 bits per heavy atom. The number of carbonyl (C=O) groups excluding carboxylic acids is 1. The highest BCUT2D eigenvalue weighted by Crippen LogP contribution is 2.10. The molecule has 90 valence electrons. The van der Waals surface area contributed by atoms with Crippen LogP contribution in [-0.4, -0.2) is 52.6 Å². The molecule has 17 heavy (non-hydrogen) atoms. The Labute approximate surface area is 99.3 Å². The number of hydrogen-bond donors (Lipinski definition) is 1. The van der Waals surface area contributed by atoms with Gasteiger partial charge in [0.15, 0.2) is 0 Å². The van der Waals surface area contributed by atoms with E-state index in [-0.39, 0.29) is 5.91 Å². The normalized spacial score (nSPS) is 10.7. The zero-order valence-corrected chi connectivity index (χ0v) is 9.92. The van der Waals surface area contributed by atoms with Gasteiger partial charge >= 0.3 is 0 Å². The lowest BCUT2D eigenvalue weighted by Crippen LogP contribution is -2.32. The van der Waals surface area contributed by atoms with Crippen LogP contribution in [0.25, 0.3) is 5.52 Å². The van der Waals surface area contributed by atoms with E-state index in [2.05, 4.69) is 15.4 Å². The molecule has 6 heteroatoms. The lowest BCUT2D eigenvalue weighted by Gasteiger charge is -2.15. The molecule has 1 amide bonds. The van der Waals surface area contributed by atoms with E-state index in [1.54, 1.807) is 41.3 Å². The molecule has 0 spiro atoms. The van der Waals surface area contributed by atoms with Gasteiger partial charge in [-0.25, -0.2) is 4.52 Å². The topological polar surface area (TPSA) is 62.5 Å². The highest BCUT2D eigenvalue weighted by Gasteiger charge is 2.16. The Bertz CT molecular complexity index is 521. The first kappa shape index (κ1) is 11.5. The van der Waals surface area contributed by atoms with Crippen LogP contribution in [0.5, 0.6) is 0 Å². The molecule has 1 N–H and O–H groups in total. The second-order valence-corrected chi connectivity index (χ2v) is 3.79. The molecule has 2 heterocycles. The zero-order chi connectivity index (χ0) is 12.3. The lowest BCUT2D eigenvalue weighted by molar-refractivity contribution is 0.0798. The molecule has 0 aliphatic heterocycles. The number of carbonyl (C=O) groups is 1. The van der Waals surface area contributed by atoms with Crippen LogP contribution in [0, 0.1) is 0 Å². The number of rotatable bonds is 4. The van der Waals surface area contributed by atoms with E-state index in [0.29, 0.717) is 12.1 Å². The fraction of sp³-hybridized carbons (Fsp3) is 0.364. The SMILES string of the molecule is CNCCN(C)C(=O)c1cnn2ccncc12. The molecular formula is C11H15N5O. The Morgan fingerprint density at radius 3 is 3.12 bits per heavy atom. The minimum Gasteiger partial charge on any atom is -0.340 e. The molecule has 0 aliphatic rings. The summed E-state index contributed by atoms with van der Waals surface area (Å²) in [5.41, 5.74) is 1.31. The summed E-state index contributed by atoms with van der Waals surface area (Å²) < 4.78 is 1.64. The van der Waals surface area contributed by atoms with Gasteiger partial charge in [0, 0.05) is 32.5 Å². The van der Waals surface area contributed by atoms with E-state index in [1.165, 1.54) is 0 Å². The lowest BCUT2D eigenvalue weighted by atomic mass is 10.2. The number of nitrogens with one attached hydrogen (secondary N) is 1. The summed E-state index contributed by atoms with van der Waals surface area (Å²) in [7, 11) is 3.64. The smallest absolute Gasteiger partial charge is 0.257 e. The van der Waals surface area contributed by atoms with Crippen molar-refractivity contribution in [1.82, 2.24) is 24.8 Å². The van der Waals surface area contributed by atoms with Crippen LogP contribution >= 0.6 is 0 Å². The number of hydrogen-bond acceptors (Lipinski definition) is 4. The van der Waals surface area contributed by atoms with Gasteiger partial charge in [0.1, 0.15) is 0 Å². The number of likely N-dealkylation sites (N-methyl/N-ethyl adjacent to an activating group) is 2. The maximum Gasteiger partial charge on any atom is 0.257 e. The van der Waals surface area contributed by atoms with Crippen LogP contribution in [0.4, 0.5) is 0 Å². The first-order chi connectivity index (χ1) is 8.24. The summed E-state index contributed by atoms with van der Waals surface area (Å²) in [6.07, 6.45) is 6.58. The molecule has 0 saturated carbocycles. The van der Waals surface area contributed by atoms with Crippen molar-refractivity contribution in [3.8, 4) is 0 Å². The van der Waals surface area contributed by atoms with Crippen LogP contribution in [0.15, 0.2) is 24.8 Å². The number of amides is 1. The van der Waals surface area contributed by atoms with Gasteiger partial charge < -0.3 is 10.2 Å². The molecule has 0 saturated heterocycles. The second kappa shape index (κ2) is 4.92. The van der Waals surface area contributed by atoms with Gasteiger partial charge in [0.2, 0.25) is 0 Å². The summed E-state index contributed by atoms with van der Waals surface area (Å²) in [6.45, 7) is 1.42. The largest absolute Gasteiger partial charge is 0.340 e. The summed E-state index contributed by atoms with van der Waals surface area (Å²) in [5.74, 6) is -0.0387. The van der Waals surface area contributed by atoms with Crippen LogP contribution < -0.4 is 5.32 Å². The van der Waals surface area contributed by atoms with E-state index in [0.717, 1.165) is 12.1 Å². The highest BCUT2D eigenvalue weighted by atomic mass is 16.2. The fourth-order valence-electron chi connectivity index (χ4n) is 1.59. The summed E-state index contributed by atoms with van der Waals surface area (Å²) in [4.78, 5) is 17.8. The standard InChI is InChI=1S/C11H15N5O/c1-12-3-5-15(2)11(17)9-7-14-16-6-4-13-8-10(9)16/h4,6-8,12H,3,5H2,1-2H3. The summed E-state index contributed by atoms with van der Waals surface area (Å²) in [5, 5.41) is 7.12. The highest BCUT2D eigenvalue weighted by molar-refractivity contribution is 6.00. The van der Waals surface area contributed by atoms with Crippen molar-refractivity contribution in [3.05, 3.63) is 30.4 Å². The number of nitrogens with zero attached hydrogens (tertiary/aromatic N) is 4. The van der Waals surface area contributed by atoms with Crippen molar-refractivity contribution in [3.63, 3.8) is 0 Å². The molecule has 2 aromatic heterocycles. The Hall–Kier alpha value is -1.95. The van der Waals surface area contributed by atoms with Gasteiger partial charge in [-0.3, -0.25) is 9.78 Å². The van der Waals surface area contributed by atoms with Gasteiger partial charge in [-0.1, -0.05) is 0 Å². The average molecular weight is 233 g/mol. The zero-order valence-electron chi connectivity index (χ0n) is 9.92. The molecule has 0 bridgehead atoms. The van der Waals surface area contributed by atoms with Gasteiger partial charge in [-0.05, 0) is 7.05 Å². The van der Waals surface area contributed by atoms with Crippen molar-refractivity contribution in [2.45, 2.75) is 0 Å². The van der Waals surface area contributed by atoms with Crippen LogP contribution in [0.3, 0.4) is 0 Å². The van der Waals surface area contributed by atoms with Gasteiger partial charge in [0.25, 0.3) is 5.91 Å². The van der Waals surface area contributed by atoms with Crippen molar-refractivity contribution in [1.29, 1.82) is 0 Å². The van der Waals surface area contributed by atoms with Crippen molar-refractivity contribution >= 4 is 11.4 Å². The van der Waals surface area contributed by atoms with E-state index in [4.69, 9.17) is 0 Å². The van der Waals surface area contributed by atoms with Crippen molar-refractivity contribution < 1.29 is 4.79 Å². The third-order valence-corrected chi connectivity index (χ3v) is 2.60. The minimum absolute atomic E-state index is 0.0387. The van der Waals surface area contributed by atoms with Crippen LogP contribution in [-0.2, 0) is 0 Å². The molecule has 0 fully saturated rings. The van der Waals surface area contributed by atoms with E-state index in [1.807, 2.05) is 7.05 Å². The van der Waals surface area contributed by atoms with Gasteiger partial charge in [-0.15, -0.1) is 0 Å². The third-order valence-electron chi connectivity index (χ3n) is 2.60. The molecule has 0 unspecified atom stereocenters. The second-order valence-electron chi connectivity index (χ2n) is 3.79. The van der Waals surface area contributed by atoms with Gasteiger partial charge in [-0.2, -0.15) is 5.10 Å². The molecule has 2 aromatic rings. The van der Waals surface area contributed by atoms with Crippen molar-refractivity contribution in [2.24, 2.45) is 0 Å². The van der Waals surface area contributed by atoms with E-state index < -0.39 is 0 Å². The maximum absolute atomic E-state index is 12.1.